The molecule has 2 atom stereocenters. The smallest absolute Gasteiger partial charge is 0.123 e. The van der Waals surface area contributed by atoms with Crippen molar-refractivity contribution in [3.05, 3.63) is 34.6 Å². The van der Waals surface area contributed by atoms with Crippen molar-refractivity contribution in [1.29, 1.82) is 0 Å². The van der Waals surface area contributed by atoms with E-state index in [0.29, 0.717) is 18.2 Å². The van der Waals surface area contributed by atoms with E-state index in [1.165, 1.54) is 12.1 Å². The first-order valence-corrected chi connectivity index (χ1v) is 7.49. The van der Waals surface area contributed by atoms with E-state index in [-0.39, 0.29) is 18.0 Å². The molecule has 2 fully saturated rings. The van der Waals surface area contributed by atoms with Crippen molar-refractivity contribution >= 4 is 11.6 Å². The third-order valence-corrected chi connectivity index (χ3v) is 4.33. The molecule has 3 rings (SSSR count). The molecular weight excluding hydrogens is 281 g/mol. The number of morpholine rings is 1. The van der Waals surface area contributed by atoms with Gasteiger partial charge in [0.15, 0.2) is 0 Å². The second kappa shape index (κ2) is 6.39. The van der Waals surface area contributed by atoms with Crippen LogP contribution in [0.2, 0.25) is 5.02 Å². The number of nitrogens with zero attached hydrogens (tertiary/aromatic N) is 1. The molecule has 1 aromatic rings. The van der Waals surface area contributed by atoms with Crippen LogP contribution in [0.5, 0.6) is 0 Å². The summed E-state index contributed by atoms with van der Waals surface area (Å²) >= 11 is 6.13. The lowest BCUT2D eigenvalue weighted by molar-refractivity contribution is -0.0960. The summed E-state index contributed by atoms with van der Waals surface area (Å²) in [6, 6.07) is 4.52. The van der Waals surface area contributed by atoms with Gasteiger partial charge in [-0.15, -0.1) is 0 Å². The van der Waals surface area contributed by atoms with Gasteiger partial charge in [-0.3, -0.25) is 4.90 Å². The summed E-state index contributed by atoms with van der Waals surface area (Å²) in [5.41, 5.74) is 0.833. The lowest BCUT2D eigenvalue weighted by atomic mass is 10.1. The summed E-state index contributed by atoms with van der Waals surface area (Å²) in [6.45, 7) is 3.84. The Morgan fingerprint density at radius 3 is 2.90 bits per heavy atom. The lowest BCUT2D eigenvalue weighted by Crippen LogP contribution is -2.47. The molecule has 20 heavy (non-hydrogen) atoms. The molecular formula is C15H19ClFNO2. The molecule has 2 aliphatic rings. The Morgan fingerprint density at radius 2 is 2.10 bits per heavy atom. The van der Waals surface area contributed by atoms with Crippen LogP contribution in [0.3, 0.4) is 0 Å². The molecule has 3 nitrogen and oxygen atoms in total. The van der Waals surface area contributed by atoms with Gasteiger partial charge in [0.1, 0.15) is 5.82 Å². The zero-order valence-corrected chi connectivity index (χ0v) is 12.1. The van der Waals surface area contributed by atoms with E-state index in [1.54, 1.807) is 6.07 Å². The topological polar surface area (TPSA) is 21.7 Å². The zero-order valence-electron chi connectivity index (χ0n) is 11.4. The van der Waals surface area contributed by atoms with Gasteiger partial charge in [0.05, 0.1) is 18.8 Å². The Labute approximate surface area is 123 Å². The molecule has 2 aliphatic heterocycles. The average molecular weight is 300 g/mol. The molecule has 0 aromatic heterocycles. The molecule has 0 aliphatic carbocycles. The van der Waals surface area contributed by atoms with Crippen molar-refractivity contribution in [3.63, 3.8) is 0 Å². The van der Waals surface area contributed by atoms with Crippen molar-refractivity contribution < 1.29 is 13.9 Å². The van der Waals surface area contributed by atoms with Gasteiger partial charge >= 0.3 is 0 Å². The van der Waals surface area contributed by atoms with Crippen LogP contribution >= 0.6 is 11.6 Å². The van der Waals surface area contributed by atoms with E-state index >= 15 is 0 Å². The molecule has 2 saturated heterocycles. The Balaban J connectivity index is 1.63. The fourth-order valence-electron chi connectivity index (χ4n) is 2.90. The Morgan fingerprint density at radius 1 is 1.25 bits per heavy atom. The summed E-state index contributed by atoms with van der Waals surface area (Å²) in [5.74, 6) is -0.242. The maximum Gasteiger partial charge on any atom is 0.123 e. The number of ether oxygens (including phenoxy) is 2. The van der Waals surface area contributed by atoms with Crippen LogP contribution in [0.15, 0.2) is 18.2 Å². The molecule has 0 radical (unpaired) electrons. The molecule has 0 N–H and O–H groups in total. The largest absolute Gasteiger partial charge is 0.375 e. The summed E-state index contributed by atoms with van der Waals surface area (Å²) in [7, 11) is 0. The number of rotatable bonds is 3. The molecule has 0 unspecified atom stereocenters. The zero-order chi connectivity index (χ0) is 13.9. The average Bonchev–Trinajstić information content (AvgIpc) is 2.97. The third-order valence-electron chi connectivity index (χ3n) is 3.96. The Hall–Kier alpha value is -0.680. The van der Waals surface area contributed by atoms with Crippen LogP contribution in [0, 0.1) is 5.82 Å². The van der Waals surface area contributed by atoms with E-state index in [9.17, 15) is 4.39 Å². The highest BCUT2D eigenvalue weighted by Gasteiger charge is 2.31. The molecule has 0 amide bonds. The minimum absolute atomic E-state index is 0.124. The minimum atomic E-state index is -0.242. The van der Waals surface area contributed by atoms with Crippen LogP contribution < -0.4 is 0 Å². The monoisotopic (exact) mass is 299 g/mol. The Kier molecular flexibility index (Phi) is 4.56. The van der Waals surface area contributed by atoms with Gasteiger partial charge in [-0.05, 0) is 36.6 Å². The summed E-state index contributed by atoms with van der Waals surface area (Å²) in [5, 5.41) is 0.617. The fraction of sp³-hybridized carbons (Fsp3) is 0.600. The minimum Gasteiger partial charge on any atom is -0.375 e. The maximum absolute atomic E-state index is 13.3. The van der Waals surface area contributed by atoms with Gasteiger partial charge in [-0.25, -0.2) is 4.39 Å². The molecule has 2 heterocycles. The molecule has 5 heteroatoms. The van der Waals surface area contributed by atoms with E-state index in [4.69, 9.17) is 21.1 Å². The molecule has 1 aromatic carbocycles. The van der Waals surface area contributed by atoms with Gasteiger partial charge in [-0.1, -0.05) is 11.6 Å². The number of benzene rings is 1. The predicted octanol–water partition coefficient (Wildman–Crippen LogP) is 2.86. The van der Waals surface area contributed by atoms with Crippen LogP contribution in [0.25, 0.3) is 0 Å². The van der Waals surface area contributed by atoms with Gasteiger partial charge in [-0.2, -0.15) is 0 Å². The van der Waals surface area contributed by atoms with E-state index in [0.717, 1.165) is 38.1 Å². The van der Waals surface area contributed by atoms with Crippen molar-refractivity contribution in [2.24, 2.45) is 0 Å². The molecule has 0 spiro atoms. The van der Waals surface area contributed by atoms with Crippen molar-refractivity contribution in [2.75, 3.05) is 26.3 Å². The van der Waals surface area contributed by atoms with Crippen LogP contribution in [-0.4, -0.2) is 43.4 Å². The first-order chi connectivity index (χ1) is 9.72. The fourth-order valence-corrected chi connectivity index (χ4v) is 3.08. The first-order valence-electron chi connectivity index (χ1n) is 7.12. The van der Waals surface area contributed by atoms with Crippen molar-refractivity contribution in [1.82, 2.24) is 4.90 Å². The highest BCUT2D eigenvalue weighted by Crippen LogP contribution is 2.24. The van der Waals surface area contributed by atoms with Crippen molar-refractivity contribution in [2.45, 2.75) is 31.6 Å². The van der Waals surface area contributed by atoms with Gasteiger partial charge in [0.2, 0.25) is 0 Å². The van der Waals surface area contributed by atoms with Gasteiger partial charge in [0, 0.05) is 31.3 Å². The van der Waals surface area contributed by atoms with E-state index in [2.05, 4.69) is 4.90 Å². The molecule has 0 bridgehead atoms. The normalized spacial score (nSPS) is 27.9. The third kappa shape index (κ3) is 3.31. The lowest BCUT2D eigenvalue weighted by Gasteiger charge is -2.35. The van der Waals surface area contributed by atoms with Crippen molar-refractivity contribution in [3.8, 4) is 0 Å². The summed E-state index contributed by atoms with van der Waals surface area (Å²) in [4.78, 5) is 2.26. The Bertz CT molecular complexity index is 465. The standard InChI is InChI=1S/C15H19ClFNO2/c16-13-4-3-12(17)8-11(13)9-18-5-7-20-15(10-18)14-2-1-6-19-14/h3-4,8,14-15H,1-2,5-7,9-10H2/t14-,15-/m0/s1. The van der Waals surface area contributed by atoms with Gasteiger partial charge in [0.25, 0.3) is 0 Å². The summed E-state index contributed by atoms with van der Waals surface area (Å²) < 4.78 is 24.8. The second-order valence-corrected chi connectivity index (χ2v) is 5.84. The maximum atomic E-state index is 13.3. The SMILES string of the molecule is Fc1ccc(Cl)c(CN2CCO[C@H]([C@@H]3CCCO3)C2)c1. The highest BCUT2D eigenvalue weighted by atomic mass is 35.5. The quantitative estimate of drug-likeness (QED) is 0.857. The van der Waals surface area contributed by atoms with Crippen LogP contribution in [-0.2, 0) is 16.0 Å². The van der Waals surface area contributed by atoms with Crippen LogP contribution in [0.1, 0.15) is 18.4 Å². The molecule has 110 valence electrons. The number of halogens is 2. The number of hydrogen-bond acceptors (Lipinski definition) is 3. The second-order valence-electron chi connectivity index (χ2n) is 5.43. The van der Waals surface area contributed by atoms with E-state index < -0.39 is 0 Å². The van der Waals surface area contributed by atoms with Gasteiger partial charge < -0.3 is 9.47 Å². The number of hydrogen-bond donors (Lipinski definition) is 0. The summed E-state index contributed by atoms with van der Waals surface area (Å²) in [6.07, 6.45) is 2.51. The predicted molar refractivity (Wildman–Crippen MR) is 75.4 cm³/mol. The van der Waals surface area contributed by atoms with Crippen LogP contribution in [0.4, 0.5) is 4.39 Å². The highest BCUT2D eigenvalue weighted by molar-refractivity contribution is 6.31. The van der Waals surface area contributed by atoms with E-state index in [1.807, 2.05) is 0 Å². The molecule has 0 saturated carbocycles. The first kappa shape index (κ1) is 14.3.